The minimum absolute atomic E-state index is 0.151. The van der Waals surface area contributed by atoms with Crippen LogP contribution in [-0.2, 0) is 10.5 Å². The van der Waals surface area contributed by atoms with Crippen molar-refractivity contribution in [1.29, 1.82) is 0 Å². The molecule has 1 heterocycles. The van der Waals surface area contributed by atoms with E-state index in [0.29, 0.717) is 10.7 Å². The highest BCUT2D eigenvalue weighted by Crippen LogP contribution is 2.21. The van der Waals surface area contributed by atoms with Gasteiger partial charge in [0.1, 0.15) is 0 Å². The molecule has 1 N–H and O–H groups in total. The first-order valence-corrected chi connectivity index (χ1v) is 10.3. The van der Waals surface area contributed by atoms with Crippen LogP contribution in [0.2, 0.25) is 5.15 Å². The summed E-state index contributed by atoms with van der Waals surface area (Å²) in [5.41, 5.74) is 6.21. The summed E-state index contributed by atoms with van der Waals surface area (Å²) in [4.78, 5) is 12.3. The van der Waals surface area contributed by atoms with Crippen LogP contribution < -0.4 is 5.43 Å². The minimum Gasteiger partial charge on any atom is -0.272 e. The largest absolute Gasteiger partial charge is 0.272 e. The average Bonchev–Trinajstić information content (AvgIpc) is 3.01. The van der Waals surface area contributed by atoms with Gasteiger partial charge in [-0.1, -0.05) is 60.1 Å². The van der Waals surface area contributed by atoms with E-state index in [9.17, 15) is 4.79 Å². The molecule has 0 unspecified atom stereocenters. The smallest absolute Gasteiger partial charge is 0.252 e. The zero-order valence-corrected chi connectivity index (χ0v) is 17.2. The molecule has 1 aromatic heterocycles. The van der Waals surface area contributed by atoms with E-state index in [2.05, 4.69) is 15.6 Å². The highest BCUT2D eigenvalue weighted by molar-refractivity contribution is 7.99. The van der Waals surface area contributed by atoms with Crippen LogP contribution in [0.5, 0.6) is 0 Å². The third-order valence-electron chi connectivity index (χ3n) is 4.20. The van der Waals surface area contributed by atoms with E-state index in [1.807, 2.05) is 74.5 Å². The van der Waals surface area contributed by atoms with Crippen LogP contribution in [0.1, 0.15) is 23.7 Å². The van der Waals surface area contributed by atoms with Crippen LogP contribution in [0.4, 0.5) is 0 Å². The Bertz CT molecular complexity index is 957. The predicted octanol–water partition coefficient (Wildman–Crippen LogP) is 4.61. The average molecular weight is 413 g/mol. The van der Waals surface area contributed by atoms with E-state index in [1.54, 1.807) is 16.4 Å². The first-order chi connectivity index (χ1) is 13.6. The van der Waals surface area contributed by atoms with Crippen molar-refractivity contribution in [2.75, 3.05) is 0 Å². The quantitative estimate of drug-likeness (QED) is 0.455. The van der Waals surface area contributed by atoms with Gasteiger partial charge in [0.05, 0.1) is 28.4 Å². The molecule has 28 heavy (non-hydrogen) atoms. The van der Waals surface area contributed by atoms with Crippen molar-refractivity contribution in [3.8, 4) is 5.69 Å². The molecule has 0 saturated heterocycles. The Labute approximate surface area is 173 Å². The lowest BCUT2D eigenvalue weighted by molar-refractivity contribution is -0.120. The highest BCUT2D eigenvalue weighted by atomic mass is 35.5. The van der Waals surface area contributed by atoms with E-state index < -0.39 is 0 Å². The number of hydrazone groups is 1. The molecule has 0 fully saturated rings. The van der Waals surface area contributed by atoms with Gasteiger partial charge in [0.2, 0.25) is 0 Å². The summed E-state index contributed by atoms with van der Waals surface area (Å²) in [6.45, 7) is 3.78. The molecule has 0 saturated carbocycles. The number of rotatable bonds is 7. The normalized spacial score (nSPS) is 12.2. The van der Waals surface area contributed by atoms with Gasteiger partial charge in [-0.05, 0) is 31.5 Å². The third kappa shape index (κ3) is 5.03. The third-order valence-corrected chi connectivity index (χ3v) is 5.69. The standard InChI is InChI=1S/C21H21ClN4OS/c1-15-19(20(22)25-26(15)18-11-7-4-8-12-18)13-23-24-21(27)16(2)28-14-17-9-5-3-6-10-17/h3-13,16H,14H2,1-2H3,(H,24,27)/b23-13-/t16-/m1/s1. The number of hydrogen-bond donors (Lipinski definition) is 1. The van der Waals surface area contributed by atoms with E-state index in [4.69, 9.17) is 11.6 Å². The monoisotopic (exact) mass is 412 g/mol. The summed E-state index contributed by atoms with van der Waals surface area (Å²) in [6, 6.07) is 19.8. The Morgan fingerprint density at radius 3 is 2.54 bits per heavy atom. The molecular weight excluding hydrogens is 392 g/mol. The molecule has 0 spiro atoms. The number of carbonyl (C=O) groups excluding carboxylic acids is 1. The van der Waals surface area contributed by atoms with Crippen molar-refractivity contribution in [3.05, 3.63) is 82.6 Å². The number of halogens is 1. The second kappa shape index (κ2) is 9.57. The fourth-order valence-corrected chi connectivity index (χ4v) is 3.67. The van der Waals surface area contributed by atoms with Crippen molar-refractivity contribution in [2.45, 2.75) is 24.9 Å². The summed E-state index contributed by atoms with van der Waals surface area (Å²) in [6.07, 6.45) is 1.54. The molecule has 144 valence electrons. The maximum atomic E-state index is 12.3. The van der Waals surface area contributed by atoms with Crippen LogP contribution in [0.15, 0.2) is 65.8 Å². The van der Waals surface area contributed by atoms with Gasteiger partial charge in [-0.3, -0.25) is 4.79 Å². The van der Waals surface area contributed by atoms with E-state index in [1.165, 1.54) is 11.8 Å². The van der Waals surface area contributed by atoms with Crippen molar-refractivity contribution >= 4 is 35.5 Å². The SMILES string of the molecule is Cc1c(/C=N\NC(=O)[C@@H](C)SCc2ccccc2)c(Cl)nn1-c1ccccc1. The summed E-state index contributed by atoms with van der Waals surface area (Å²) in [5.74, 6) is 0.620. The van der Waals surface area contributed by atoms with E-state index in [-0.39, 0.29) is 11.2 Å². The zero-order valence-electron chi connectivity index (χ0n) is 15.7. The van der Waals surface area contributed by atoms with E-state index >= 15 is 0 Å². The topological polar surface area (TPSA) is 59.3 Å². The number of carbonyl (C=O) groups is 1. The molecule has 1 amide bonds. The summed E-state index contributed by atoms with van der Waals surface area (Å²) >= 11 is 7.82. The molecule has 3 rings (SSSR count). The molecule has 5 nitrogen and oxygen atoms in total. The highest BCUT2D eigenvalue weighted by Gasteiger charge is 2.14. The fourth-order valence-electron chi connectivity index (χ4n) is 2.57. The van der Waals surface area contributed by atoms with Crippen molar-refractivity contribution in [1.82, 2.24) is 15.2 Å². The molecule has 0 bridgehead atoms. The first kappa shape index (κ1) is 20.2. The van der Waals surface area contributed by atoms with Gasteiger partial charge in [-0.25, -0.2) is 10.1 Å². The number of nitrogens with one attached hydrogen (secondary N) is 1. The predicted molar refractivity (Wildman–Crippen MR) is 116 cm³/mol. The number of benzene rings is 2. The lowest BCUT2D eigenvalue weighted by Gasteiger charge is -2.09. The Morgan fingerprint density at radius 1 is 1.21 bits per heavy atom. The molecule has 0 aliphatic rings. The number of nitrogens with zero attached hydrogens (tertiary/aromatic N) is 3. The fraction of sp³-hybridized carbons (Fsp3) is 0.190. The van der Waals surface area contributed by atoms with Gasteiger partial charge in [0.15, 0.2) is 5.15 Å². The van der Waals surface area contributed by atoms with E-state index in [0.717, 1.165) is 17.1 Å². The molecule has 3 aromatic rings. The number of hydrogen-bond acceptors (Lipinski definition) is 4. The van der Waals surface area contributed by atoms with Crippen molar-refractivity contribution in [2.24, 2.45) is 5.10 Å². The lowest BCUT2D eigenvalue weighted by Crippen LogP contribution is -2.27. The maximum absolute atomic E-state index is 12.3. The van der Waals surface area contributed by atoms with Gasteiger partial charge < -0.3 is 0 Å². The molecule has 7 heteroatoms. The second-order valence-electron chi connectivity index (χ2n) is 6.21. The van der Waals surface area contributed by atoms with Crippen LogP contribution in [0, 0.1) is 6.92 Å². The molecule has 0 aliphatic carbocycles. The van der Waals surface area contributed by atoms with Gasteiger partial charge in [-0.15, -0.1) is 11.8 Å². The lowest BCUT2D eigenvalue weighted by atomic mass is 10.2. The number of aromatic nitrogens is 2. The van der Waals surface area contributed by atoms with Crippen molar-refractivity contribution in [3.63, 3.8) is 0 Å². The summed E-state index contributed by atoms with van der Waals surface area (Å²) < 4.78 is 1.75. The number of thioether (sulfide) groups is 1. The van der Waals surface area contributed by atoms with Crippen LogP contribution in [0.3, 0.4) is 0 Å². The summed E-state index contributed by atoms with van der Waals surface area (Å²) in [5, 5.41) is 8.54. The second-order valence-corrected chi connectivity index (χ2v) is 7.90. The molecule has 2 aromatic carbocycles. The van der Waals surface area contributed by atoms with Gasteiger partial charge in [0, 0.05) is 5.75 Å². The maximum Gasteiger partial charge on any atom is 0.252 e. The molecule has 0 aliphatic heterocycles. The Hall–Kier alpha value is -2.57. The van der Waals surface area contributed by atoms with Crippen LogP contribution >= 0.6 is 23.4 Å². The minimum atomic E-state index is -0.221. The number of para-hydroxylation sites is 1. The first-order valence-electron chi connectivity index (χ1n) is 8.85. The zero-order chi connectivity index (χ0) is 19.9. The molecule has 0 radical (unpaired) electrons. The Morgan fingerprint density at radius 2 is 1.86 bits per heavy atom. The van der Waals surface area contributed by atoms with Crippen molar-refractivity contribution < 1.29 is 4.79 Å². The van der Waals surface area contributed by atoms with Gasteiger partial charge >= 0.3 is 0 Å². The molecule has 1 atom stereocenters. The van der Waals surface area contributed by atoms with Crippen LogP contribution in [0.25, 0.3) is 5.69 Å². The van der Waals surface area contributed by atoms with Gasteiger partial charge in [0.25, 0.3) is 5.91 Å². The number of amides is 1. The Kier molecular flexibility index (Phi) is 6.90. The summed E-state index contributed by atoms with van der Waals surface area (Å²) in [7, 11) is 0. The molecular formula is C21H21ClN4OS. The van der Waals surface area contributed by atoms with Gasteiger partial charge in [-0.2, -0.15) is 10.2 Å². The van der Waals surface area contributed by atoms with Crippen LogP contribution in [-0.4, -0.2) is 27.2 Å². The Balaban J connectivity index is 1.60.